The lowest BCUT2D eigenvalue weighted by Crippen LogP contribution is -2.58. The van der Waals surface area contributed by atoms with Crippen LogP contribution in [-0.2, 0) is 20.7 Å². The number of aryl methyl sites for hydroxylation is 1. The number of amides is 1. The van der Waals surface area contributed by atoms with Crippen molar-refractivity contribution < 1.29 is 29.3 Å². The monoisotopic (exact) mass is 621 g/mol. The van der Waals surface area contributed by atoms with Gasteiger partial charge in [-0.3, -0.25) is 9.69 Å². The maximum Gasteiger partial charge on any atom is 0.413 e. The zero-order chi connectivity index (χ0) is 31.9. The van der Waals surface area contributed by atoms with Crippen LogP contribution in [0.15, 0.2) is 36.9 Å². The van der Waals surface area contributed by atoms with Gasteiger partial charge in [-0.15, -0.1) is 6.58 Å². The first-order valence-corrected chi connectivity index (χ1v) is 17.7. The number of rotatable bonds is 9. The van der Waals surface area contributed by atoms with Crippen LogP contribution in [0.3, 0.4) is 0 Å². The highest BCUT2D eigenvalue weighted by molar-refractivity contribution is 5.71. The zero-order valence-electron chi connectivity index (χ0n) is 27.7. The first-order chi connectivity index (χ1) is 21.6. The minimum Gasteiger partial charge on any atom is -0.428 e. The number of hydrogen-bond donors (Lipinski definition) is 2. The fourth-order valence-corrected chi connectivity index (χ4v) is 11.4. The molecule has 1 aromatic rings. The number of aliphatic hydroxyl groups excluding tert-OH is 2. The zero-order valence-corrected chi connectivity index (χ0v) is 27.7. The van der Waals surface area contributed by atoms with E-state index in [-0.39, 0.29) is 47.8 Å². The summed E-state index contributed by atoms with van der Waals surface area (Å²) in [7, 11) is 0. The van der Waals surface area contributed by atoms with E-state index in [2.05, 4.69) is 39.5 Å². The van der Waals surface area contributed by atoms with Crippen LogP contribution in [0.2, 0.25) is 0 Å². The van der Waals surface area contributed by atoms with Gasteiger partial charge < -0.3 is 19.7 Å². The topological polar surface area (TPSA) is 96.3 Å². The van der Waals surface area contributed by atoms with Crippen molar-refractivity contribution in [3.8, 4) is 0 Å². The van der Waals surface area contributed by atoms with Gasteiger partial charge in [-0.25, -0.2) is 4.79 Å². The number of ether oxygens (including phenoxy) is 2. The summed E-state index contributed by atoms with van der Waals surface area (Å²) in [6.07, 6.45) is 11.8. The van der Waals surface area contributed by atoms with Crippen molar-refractivity contribution in [2.45, 2.75) is 116 Å². The molecule has 2 N–H and O–H groups in total. The highest BCUT2D eigenvalue weighted by Gasteiger charge is 2.62. The second kappa shape index (κ2) is 13.0. The number of carbonyl (C=O) groups is 2. The Morgan fingerprint density at radius 1 is 1.00 bits per heavy atom. The fraction of sp³-hybridized carbons (Fsp3) is 0.737. The van der Waals surface area contributed by atoms with Gasteiger partial charge in [-0.05, 0) is 128 Å². The molecule has 7 heteroatoms. The number of carbonyl (C=O) groups excluding carboxylic acids is 2. The van der Waals surface area contributed by atoms with E-state index < -0.39 is 6.09 Å². The van der Waals surface area contributed by atoms with Crippen LogP contribution in [0.25, 0.3) is 0 Å². The Balaban J connectivity index is 0.991. The molecule has 0 saturated heterocycles. The number of esters is 1. The van der Waals surface area contributed by atoms with E-state index in [0.717, 1.165) is 50.5 Å². The van der Waals surface area contributed by atoms with Crippen LogP contribution in [-0.4, -0.2) is 52.7 Å². The molecule has 6 rings (SSSR count). The van der Waals surface area contributed by atoms with Crippen LogP contribution in [0.4, 0.5) is 4.79 Å². The molecule has 0 radical (unpaired) electrons. The fourth-order valence-electron chi connectivity index (χ4n) is 11.4. The summed E-state index contributed by atoms with van der Waals surface area (Å²) in [5.41, 5.74) is 2.75. The summed E-state index contributed by atoms with van der Waals surface area (Å²) < 4.78 is 10.8. The third-order valence-electron chi connectivity index (χ3n) is 13.7. The molecule has 11 atom stereocenters. The first kappa shape index (κ1) is 32.6. The lowest BCUT2D eigenvalue weighted by atomic mass is 9.44. The van der Waals surface area contributed by atoms with Crippen LogP contribution in [0, 0.1) is 46.3 Å². The van der Waals surface area contributed by atoms with E-state index in [9.17, 15) is 19.8 Å². The highest BCUT2D eigenvalue weighted by Crippen LogP contribution is 2.68. The number of aliphatic hydroxyl groups is 2. The van der Waals surface area contributed by atoms with Crippen LogP contribution in [0.5, 0.6) is 0 Å². The van der Waals surface area contributed by atoms with Crippen molar-refractivity contribution in [1.82, 2.24) is 4.90 Å². The SMILES string of the molecule is C=CCN(C(=O)OCOC(=O)CC[C@@H](C)C1CCC2C3C[C@H](O)[C@@H]4C[C@H](O)CC[C@]4(C)C3CC[C@@]21C)[C@@H]1CCc2ccccc21. The van der Waals surface area contributed by atoms with Crippen LogP contribution < -0.4 is 0 Å². The summed E-state index contributed by atoms with van der Waals surface area (Å²) in [5, 5.41) is 21.7. The largest absolute Gasteiger partial charge is 0.428 e. The van der Waals surface area contributed by atoms with Gasteiger partial charge in [-0.1, -0.05) is 51.1 Å². The Labute approximate surface area is 269 Å². The summed E-state index contributed by atoms with van der Waals surface area (Å²) in [6, 6.07) is 8.12. The van der Waals surface area contributed by atoms with E-state index in [0.29, 0.717) is 42.6 Å². The normalized spacial score (nSPS) is 39.0. The molecule has 5 aliphatic carbocycles. The van der Waals surface area contributed by atoms with Gasteiger partial charge in [-0.2, -0.15) is 0 Å². The van der Waals surface area contributed by atoms with Crippen molar-refractivity contribution in [2.75, 3.05) is 13.3 Å². The maximum absolute atomic E-state index is 13.0. The number of fused-ring (bicyclic) bond motifs is 6. The lowest BCUT2D eigenvalue weighted by molar-refractivity contribution is -0.172. The van der Waals surface area contributed by atoms with Gasteiger partial charge in [0.25, 0.3) is 0 Å². The third-order valence-corrected chi connectivity index (χ3v) is 13.7. The quantitative estimate of drug-likeness (QED) is 0.172. The van der Waals surface area contributed by atoms with Crippen molar-refractivity contribution in [3.05, 3.63) is 48.0 Å². The maximum atomic E-state index is 13.0. The molecule has 4 fully saturated rings. The molecule has 45 heavy (non-hydrogen) atoms. The molecule has 0 aliphatic heterocycles. The lowest BCUT2D eigenvalue weighted by Gasteiger charge is -2.62. The molecule has 0 heterocycles. The van der Waals surface area contributed by atoms with Gasteiger partial charge in [0, 0.05) is 13.0 Å². The molecule has 1 aromatic carbocycles. The Morgan fingerprint density at radius 2 is 1.76 bits per heavy atom. The minimum absolute atomic E-state index is 0.0633. The van der Waals surface area contributed by atoms with E-state index in [1.807, 2.05) is 12.1 Å². The highest BCUT2D eigenvalue weighted by atomic mass is 16.7. The van der Waals surface area contributed by atoms with Crippen molar-refractivity contribution >= 4 is 12.1 Å². The Kier molecular flexibility index (Phi) is 9.42. The average molecular weight is 622 g/mol. The summed E-state index contributed by atoms with van der Waals surface area (Å²) in [5.74, 6) is 2.62. The van der Waals surface area contributed by atoms with Crippen molar-refractivity contribution in [2.24, 2.45) is 46.3 Å². The van der Waals surface area contributed by atoms with Gasteiger partial charge >= 0.3 is 12.1 Å². The Hall–Kier alpha value is -2.38. The Morgan fingerprint density at radius 3 is 2.56 bits per heavy atom. The average Bonchev–Trinajstić information content (AvgIpc) is 3.61. The van der Waals surface area contributed by atoms with E-state index in [1.54, 1.807) is 11.0 Å². The first-order valence-electron chi connectivity index (χ1n) is 17.7. The molecule has 4 unspecified atom stereocenters. The number of benzene rings is 1. The van der Waals surface area contributed by atoms with Gasteiger partial charge in [0.2, 0.25) is 6.79 Å². The second-order valence-electron chi connectivity index (χ2n) is 15.7. The molecule has 5 aliphatic rings. The molecule has 248 valence electrons. The predicted molar refractivity (Wildman–Crippen MR) is 173 cm³/mol. The van der Waals surface area contributed by atoms with Gasteiger partial charge in [0.15, 0.2) is 0 Å². The molecule has 4 saturated carbocycles. The van der Waals surface area contributed by atoms with Crippen LogP contribution >= 0.6 is 0 Å². The number of nitrogens with zero attached hydrogens (tertiary/aromatic N) is 1. The Bertz CT molecular complexity index is 1250. The molecule has 0 aromatic heterocycles. The van der Waals surface area contributed by atoms with Crippen molar-refractivity contribution in [3.63, 3.8) is 0 Å². The predicted octanol–water partition coefficient (Wildman–Crippen LogP) is 7.21. The molecular weight excluding hydrogens is 566 g/mol. The smallest absolute Gasteiger partial charge is 0.413 e. The summed E-state index contributed by atoms with van der Waals surface area (Å²) >= 11 is 0. The van der Waals surface area contributed by atoms with E-state index >= 15 is 0 Å². The van der Waals surface area contributed by atoms with Crippen molar-refractivity contribution in [1.29, 1.82) is 0 Å². The standard InChI is InChI=1S/C38H55NO6/c1-5-20-39(33-14-11-25-8-6-7-9-27(25)33)36(43)45-23-44-35(42)15-10-24(2)29-12-13-30-28-22-34(41)32-21-26(40)16-18-38(32,4)31(28)17-19-37(29,30)3/h5-9,24,26,28-34,40-41H,1,10-23H2,2-4H3/t24-,26-,28?,29?,30?,31?,32+,33-,34+,37-,38-/m1/s1. The van der Waals surface area contributed by atoms with Gasteiger partial charge in [0.05, 0.1) is 18.2 Å². The number of hydrogen-bond acceptors (Lipinski definition) is 6. The van der Waals surface area contributed by atoms with E-state index in [1.165, 1.54) is 31.2 Å². The van der Waals surface area contributed by atoms with E-state index in [4.69, 9.17) is 9.47 Å². The summed E-state index contributed by atoms with van der Waals surface area (Å²) in [6.45, 7) is 11.0. The second-order valence-corrected chi connectivity index (χ2v) is 15.7. The molecule has 1 amide bonds. The minimum atomic E-state index is -0.490. The molecule has 7 nitrogen and oxygen atoms in total. The molecule has 0 spiro atoms. The third kappa shape index (κ3) is 5.97. The van der Waals surface area contributed by atoms with Crippen LogP contribution in [0.1, 0.15) is 109 Å². The van der Waals surface area contributed by atoms with Gasteiger partial charge in [0.1, 0.15) is 0 Å². The molecular formula is C38H55NO6. The summed E-state index contributed by atoms with van der Waals surface area (Å²) in [4.78, 5) is 27.4. The molecule has 0 bridgehead atoms.